The van der Waals surface area contributed by atoms with Crippen LogP contribution in [0.15, 0.2) is 0 Å². The lowest BCUT2D eigenvalue weighted by Gasteiger charge is -2.06. The second kappa shape index (κ2) is 13.8. The van der Waals surface area contributed by atoms with Gasteiger partial charge < -0.3 is 18.9 Å². The topological polar surface area (TPSA) is 36.9 Å². The lowest BCUT2D eigenvalue weighted by Crippen LogP contribution is -2.07. The Bertz CT molecular complexity index is 96.8. The molecule has 0 aliphatic heterocycles. The lowest BCUT2D eigenvalue weighted by atomic mass is 10.5. The van der Waals surface area contributed by atoms with Crippen molar-refractivity contribution in [3.05, 3.63) is 0 Å². The molecule has 0 fully saturated rings. The molecule has 0 heterocycles. The van der Waals surface area contributed by atoms with Gasteiger partial charge in [0.1, 0.15) is 13.6 Å². The molecular weight excluding hydrogens is 196 g/mol. The number of hydrogen-bond donors (Lipinski definition) is 0. The average molecular weight is 220 g/mol. The van der Waals surface area contributed by atoms with Crippen molar-refractivity contribution in [3.8, 4) is 0 Å². The highest BCUT2D eigenvalue weighted by atomic mass is 16.7. The molecule has 0 aliphatic rings. The van der Waals surface area contributed by atoms with Crippen LogP contribution >= 0.6 is 0 Å². The third-order valence-corrected chi connectivity index (χ3v) is 1.61. The van der Waals surface area contributed by atoms with Crippen LogP contribution in [0.2, 0.25) is 0 Å². The molecule has 0 N–H and O–H groups in total. The summed E-state index contributed by atoms with van der Waals surface area (Å²) in [7, 11) is 0. The first-order valence-electron chi connectivity index (χ1n) is 5.72. The van der Waals surface area contributed by atoms with Crippen LogP contribution < -0.4 is 0 Å². The predicted molar refractivity (Wildman–Crippen MR) is 58.7 cm³/mol. The van der Waals surface area contributed by atoms with E-state index in [4.69, 9.17) is 18.9 Å². The van der Waals surface area contributed by atoms with E-state index < -0.39 is 0 Å². The molecule has 0 atom stereocenters. The van der Waals surface area contributed by atoms with Gasteiger partial charge in [0.15, 0.2) is 0 Å². The van der Waals surface area contributed by atoms with Crippen LogP contribution in [0.25, 0.3) is 0 Å². The zero-order chi connectivity index (χ0) is 11.2. The van der Waals surface area contributed by atoms with E-state index in [1.807, 2.05) is 0 Å². The molecule has 0 unspecified atom stereocenters. The van der Waals surface area contributed by atoms with Crippen LogP contribution in [0, 0.1) is 0 Å². The molecule has 0 radical (unpaired) electrons. The van der Waals surface area contributed by atoms with Gasteiger partial charge in [0.2, 0.25) is 0 Å². The fourth-order valence-electron chi connectivity index (χ4n) is 0.905. The van der Waals surface area contributed by atoms with Gasteiger partial charge in [-0.3, -0.25) is 0 Å². The molecule has 92 valence electrons. The van der Waals surface area contributed by atoms with Crippen molar-refractivity contribution in [1.82, 2.24) is 0 Å². The second-order valence-electron chi connectivity index (χ2n) is 3.22. The highest BCUT2D eigenvalue weighted by molar-refractivity contribution is 4.31. The van der Waals surface area contributed by atoms with Gasteiger partial charge in [-0.2, -0.15) is 0 Å². The van der Waals surface area contributed by atoms with E-state index >= 15 is 0 Å². The number of hydrogen-bond acceptors (Lipinski definition) is 4. The largest absolute Gasteiger partial charge is 0.355 e. The fourth-order valence-corrected chi connectivity index (χ4v) is 0.905. The van der Waals surface area contributed by atoms with Crippen molar-refractivity contribution in [2.75, 3.05) is 40.0 Å². The monoisotopic (exact) mass is 220 g/mol. The normalized spacial score (nSPS) is 10.8. The van der Waals surface area contributed by atoms with Gasteiger partial charge in [0, 0.05) is 13.2 Å². The van der Waals surface area contributed by atoms with Crippen LogP contribution in [0.3, 0.4) is 0 Å². The molecule has 0 amide bonds. The minimum absolute atomic E-state index is 0.389. The SMILES string of the molecule is CCCOCOCCCOCOCCC. The van der Waals surface area contributed by atoms with Crippen molar-refractivity contribution in [3.63, 3.8) is 0 Å². The molecule has 0 aromatic carbocycles. The van der Waals surface area contributed by atoms with Gasteiger partial charge in [-0.25, -0.2) is 0 Å². The summed E-state index contributed by atoms with van der Waals surface area (Å²) in [4.78, 5) is 0. The first-order valence-corrected chi connectivity index (χ1v) is 5.72. The van der Waals surface area contributed by atoms with Gasteiger partial charge in [-0.15, -0.1) is 0 Å². The maximum absolute atomic E-state index is 5.22. The molecule has 4 nitrogen and oxygen atoms in total. The first kappa shape index (κ1) is 14.8. The molecule has 0 aromatic heterocycles. The zero-order valence-corrected chi connectivity index (χ0v) is 10.00. The van der Waals surface area contributed by atoms with Crippen LogP contribution in [-0.2, 0) is 18.9 Å². The summed E-state index contributed by atoms with van der Waals surface area (Å²) in [6.07, 6.45) is 2.94. The first-order chi connectivity index (χ1) is 7.41. The molecule has 4 heteroatoms. The van der Waals surface area contributed by atoms with Crippen LogP contribution in [0.5, 0.6) is 0 Å². The van der Waals surface area contributed by atoms with Crippen molar-refractivity contribution in [1.29, 1.82) is 0 Å². The van der Waals surface area contributed by atoms with E-state index in [2.05, 4.69) is 13.8 Å². The minimum atomic E-state index is 0.389. The number of rotatable bonds is 12. The standard InChI is InChI=1S/C11H24O4/c1-3-6-12-10-14-8-5-9-15-11-13-7-4-2/h3-11H2,1-2H3. The van der Waals surface area contributed by atoms with Gasteiger partial charge in [0.25, 0.3) is 0 Å². The third-order valence-electron chi connectivity index (χ3n) is 1.61. The smallest absolute Gasteiger partial charge is 0.146 e. The molecule has 0 spiro atoms. The van der Waals surface area contributed by atoms with Crippen molar-refractivity contribution in [2.45, 2.75) is 33.1 Å². The Balaban J connectivity index is 2.81. The summed E-state index contributed by atoms with van der Waals surface area (Å²) in [5, 5.41) is 0. The van der Waals surface area contributed by atoms with E-state index in [9.17, 15) is 0 Å². The molecular formula is C11H24O4. The third kappa shape index (κ3) is 13.8. The fraction of sp³-hybridized carbons (Fsp3) is 1.00. The Kier molecular flexibility index (Phi) is 13.7. The van der Waals surface area contributed by atoms with Gasteiger partial charge >= 0.3 is 0 Å². The Morgan fingerprint density at radius 1 is 0.600 bits per heavy atom. The van der Waals surface area contributed by atoms with Gasteiger partial charge in [-0.1, -0.05) is 13.8 Å². The minimum Gasteiger partial charge on any atom is -0.355 e. The second-order valence-corrected chi connectivity index (χ2v) is 3.22. The van der Waals surface area contributed by atoms with E-state index in [1.165, 1.54) is 0 Å². The Hall–Kier alpha value is -0.160. The molecule has 0 aromatic rings. The van der Waals surface area contributed by atoms with Gasteiger partial charge in [0.05, 0.1) is 13.2 Å². The van der Waals surface area contributed by atoms with Crippen LogP contribution in [-0.4, -0.2) is 40.0 Å². The van der Waals surface area contributed by atoms with Crippen LogP contribution in [0.1, 0.15) is 33.1 Å². The maximum atomic E-state index is 5.22. The van der Waals surface area contributed by atoms with E-state index in [0.717, 1.165) is 32.5 Å². The molecule has 0 saturated heterocycles. The summed E-state index contributed by atoms with van der Waals surface area (Å²) in [5.41, 5.74) is 0. The van der Waals surface area contributed by atoms with E-state index in [0.29, 0.717) is 26.8 Å². The summed E-state index contributed by atoms with van der Waals surface area (Å²) in [6, 6.07) is 0. The molecule has 0 bridgehead atoms. The molecule has 15 heavy (non-hydrogen) atoms. The Morgan fingerprint density at radius 2 is 1.00 bits per heavy atom. The average Bonchev–Trinajstić information content (AvgIpc) is 2.26. The molecule has 0 aliphatic carbocycles. The summed E-state index contributed by atoms with van der Waals surface area (Å²) >= 11 is 0. The highest BCUT2D eigenvalue weighted by Gasteiger charge is 1.90. The quantitative estimate of drug-likeness (QED) is 0.373. The Morgan fingerprint density at radius 3 is 1.40 bits per heavy atom. The van der Waals surface area contributed by atoms with E-state index in [1.54, 1.807) is 0 Å². The molecule has 0 rings (SSSR count). The summed E-state index contributed by atoms with van der Waals surface area (Å²) < 4.78 is 20.8. The number of ether oxygens (including phenoxy) is 4. The van der Waals surface area contributed by atoms with Gasteiger partial charge in [-0.05, 0) is 19.3 Å². The lowest BCUT2D eigenvalue weighted by molar-refractivity contribution is -0.0761. The molecule has 0 saturated carbocycles. The van der Waals surface area contributed by atoms with Crippen LogP contribution in [0.4, 0.5) is 0 Å². The van der Waals surface area contributed by atoms with E-state index in [-0.39, 0.29) is 0 Å². The summed E-state index contributed by atoms with van der Waals surface area (Å²) in [6.45, 7) is 7.81. The zero-order valence-electron chi connectivity index (χ0n) is 10.00. The van der Waals surface area contributed by atoms with Crippen molar-refractivity contribution in [2.24, 2.45) is 0 Å². The summed E-state index contributed by atoms with van der Waals surface area (Å²) in [5.74, 6) is 0. The van der Waals surface area contributed by atoms with Crippen molar-refractivity contribution >= 4 is 0 Å². The predicted octanol–water partition coefficient (Wildman–Crippen LogP) is 2.18. The van der Waals surface area contributed by atoms with Crippen molar-refractivity contribution < 1.29 is 18.9 Å². The maximum Gasteiger partial charge on any atom is 0.146 e. The Labute approximate surface area is 92.8 Å². The highest BCUT2D eigenvalue weighted by Crippen LogP contribution is 1.88.